The van der Waals surface area contributed by atoms with E-state index in [0.717, 1.165) is 21.5 Å². The van der Waals surface area contributed by atoms with Gasteiger partial charge in [-0.05, 0) is 30.3 Å². The molecule has 9 heteroatoms. The molecule has 33 heavy (non-hydrogen) atoms. The highest BCUT2D eigenvalue weighted by Crippen LogP contribution is 2.48. The first-order valence-electron chi connectivity index (χ1n) is 9.75. The monoisotopic (exact) mass is 499 g/mol. The number of rotatable bonds is 7. The van der Waals surface area contributed by atoms with Gasteiger partial charge in [0, 0.05) is 33.8 Å². The second kappa shape index (κ2) is 9.79. The molecule has 1 amide bonds. The van der Waals surface area contributed by atoms with Crippen molar-refractivity contribution in [1.29, 1.82) is 0 Å². The Bertz CT molecular complexity index is 1340. The first kappa shape index (κ1) is 23.0. The average molecular weight is 500 g/mol. The van der Waals surface area contributed by atoms with Crippen molar-refractivity contribution in [2.45, 2.75) is 9.79 Å². The van der Waals surface area contributed by atoms with E-state index in [0.29, 0.717) is 37.8 Å². The molecule has 0 aliphatic rings. The van der Waals surface area contributed by atoms with E-state index in [1.165, 1.54) is 32.1 Å². The summed E-state index contributed by atoms with van der Waals surface area (Å²) in [7, 11) is 3.08. The molecule has 2 N–H and O–H groups in total. The van der Waals surface area contributed by atoms with Gasteiger partial charge >= 0.3 is 0 Å². The van der Waals surface area contributed by atoms with Crippen LogP contribution in [0.3, 0.4) is 0 Å². The predicted octanol–water partition coefficient (Wildman–Crippen LogP) is 6.83. The SMILES string of the molecule is C=CC(=O)Nc1cccc(-c2ccc3c(Sc4c(Cl)c(OC)cc(OC)c4Cl)c[nH]c3n2)c1. The van der Waals surface area contributed by atoms with Crippen LogP contribution in [0.15, 0.2) is 71.1 Å². The van der Waals surface area contributed by atoms with Gasteiger partial charge in [-0.2, -0.15) is 0 Å². The summed E-state index contributed by atoms with van der Waals surface area (Å²) in [6.07, 6.45) is 3.08. The molecule has 0 spiro atoms. The van der Waals surface area contributed by atoms with Gasteiger partial charge < -0.3 is 19.8 Å². The molecule has 0 saturated carbocycles. The molecule has 4 aromatic rings. The van der Waals surface area contributed by atoms with Crippen LogP contribution in [0, 0.1) is 0 Å². The Balaban J connectivity index is 1.69. The number of methoxy groups -OCH3 is 2. The minimum absolute atomic E-state index is 0.270. The first-order chi connectivity index (χ1) is 15.9. The molecule has 4 rings (SSSR count). The third kappa shape index (κ3) is 4.66. The zero-order valence-electron chi connectivity index (χ0n) is 17.7. The lowest BCUT2D eigenvalue weighted by Crippen LogP contribution is -2.07. The number of pyridine rings is 1. The number of aromatic nitrogens is 2. The molecule has 168 valence electrons. The fraction of sp³-hybridized carbons (Fsp3) is 0.0833. The summed E-state index contributed by atoms with van der Waals surface area (Å²) in [4.78, 5) is 21.1. The maximum absolute atomic E-state index is 11.6. The Hall–Kier alpha value is -3.13. The Labute approximate surface area is 204 Å². The highest BCUT2D eigenvalue weighted by atomic mass is 35.5. The topological polar surface area (TPSA) is 76.2 Å². The van der Waals surface area contributed by atoms with Crippen LogP contribution < -0.4 is 14.8 Å². The highest BCUT2D eigenvalue weighted by Gasteiger charge is 2.20. The summed E-state index contributed by atoms with van der Waals surface area (Å²) in [6, 6.07) is 13.0. The van der Waals surface area contributed by atoms with Crippen molar-refractivity contribution in [1.82, 2.24) is 9.97 Å². The van der Waals surface area contributed by atoms with Crippen molar-refractivity contribution in [3.63, 3.8) is 0 Å². The van der Waals surface area contributed by atoms with Gasteiger partial charge in [0.2, 0.25) is 5.91 Å². The number of carbonyl (C=O) groups is 1. The average Bonchev–Trinajstić information content (AvgIpc) is 3.24. The number of amides is 1. The standard InChI is InChI=1S/C24H19Cl2N3O3S/c1-4-20(30)28-14-7-5-6-13(10-14)16-9-8-15-19(12-27-24(15)29-16)33-23-21(25)17(31-2)11-18(32-3)22(23)26/h4-12H,1H2,2-3H3,(H,27,29)(H,28,30). The lowest BCUT2D eigenvalue weighted by atomic mass is 10.1. The molecule has 0 unspecified atom stereocenters. The molecule has 2 heterocycles. The third-order valence-electron chi connectivity index (χ3n) is 4.86. The molecule has 0 fully saturated rings. The Kier molecular flexibility index (Phi) is 6.83. The Morgan fingerprint density at radius 2 is 1.85 bits per heavy atom. The number of fused-ring (bicyclic) bond motifs is 1. The number of aromatic amines is 1. The maximum Gasteiger partial charge on any atom is 0.247 e. The zero-order valence-corrected chi connectivity index (χ0v) is 20.1. The van der Waals surface area contributed by atoms with Crippen LogP contribution in [0.25, 0.3) is 22.3 Å². The predicted molar refractivity (Wildman–Crippen MR) is 134 cm³/mol. The molecular formula is C24H19Cl2N3O3S. The summed E-state index contributed by atoms with van der Waals surface area (Å²) >= 11 is 14.5. The van der Waals surface area contributed by atoms with Crippen molar-refractivity contribution in [3.8, 4) is 22.8 Å². The molecule has 0 aliphatic carbocycles. The fourth-order valence-corrected chi connectivity index (χ4v) is 4.96. The minimum atomic E-state index is -0.270. The summed E-state index contributed by atoms with van der Waals surface area (Å²) < 4.78 is 10.7. The fourth-order valence-electron chi connectivity index (χ4n) is 3.24. The second-order valence-corrected chi connectivity index (χ2v) is 8.67. The molecule has 2 aromatic carbocycles. The van der Waals surface area contributed by atoms with Crippen molar-refractivity contribution < 1.29 is 14.3 Å². The van der Waals surface area contributed by atoms with Gasteiger partial charge in [-0.1, -0.05) is 53.7 Å². The lowest BCUT2D eigenvalue weighted by Gasteiger charge is -2.13. The largest absolute Gasteiger partial charge is 0.495 e. The number of nitrogens with one attached hydrogen (secondary N) is 2. The molecular weight excluding hydrogens is 481 g/mol. The lowest BCUT2D eigenvalue weighted by molar-refractivity contribution is -0.111. The van der Waals surface area contributed by atoms with E-state index in [9.17, 15) is 4.79 Å². The van der Waals surface area contributed by atoms with Crippen molar-refractivity contribution in [2.75, 3.05) is 19.5 Å². The van der Waals surface area contributed by atoms with Crippen LogP contribution in [-0.2, 0) is 4.79 Å². The molecule has 0 aliphatic heterocycles. The van der Waals surface area contributed by atoms with E-state index in [1.54, 1.807) is 6.07 Å². The van der Waals surface area contributed by atoms with Gasteiger partial charge in [0.1, 0.15) is 17.1 Å². The van der Waals surface area contributed by atoms with Gasteiger partial charge in [0.05, 0.1) is 34.9 Å². The Morgan fingerprint density at radius 3 is 2.52 bits per heavy atom. The summed E-state index contributed by atoms with van der Waals surface area (Å²) in [5.74, 6) is 0.682. The van der Waals surface area contributed by atoms with E-state index < -0.39 is 0 Å². The zero-order chi connectivity index (χ0) is 23.5. The van der Waals surface area contributed by atoms with Gasteiger partial charge in [-0.3, -0.25) is 4.79 Å². The molecule has 2 aromatic heterocycles. The van der Waals surface area contributed by atoms with Gasteiger partial charge in [0.15, 0.2) is 0 Å². The van der Waals surface area contributed by atoms with Crippen LogP contribution >= 0.6 is 35.0 Å². The molecule has 0 atom stereocenters. The van der Waals surface area contributed by atoms with E-state index >= 15 is 0 Å². The summed E-state index contributed by atoms with van der Waals surface area (Å²) in [5, 5.41) is 4.49. The molecule has 0 saturated heterocycles. The van der Waals surface area contributed by atoms with Crippen molar-refractivity contribution >= 4 is 57.6 Å². The quantitative estimate of drug-likeness (QED) is 0.272. The minimum Gasteiger partial charge on any atom is -0.495 e. The van der Waals surface area contributed by atoms with Crippen LogP contribution in [-0.4, -0.2) is 30.1 Å². The van der Waals surface area contributed by atoms with E-state index in [-0.39, 0.29) is 5.91 Å². The van der Waals surface area contributed by atoms with Crippen molar-refractivity contribution in [3.05, 3.63) is 71.4 Å². The highest BCUT2D eigenvalue weighted by molar-refractivity contribution is 7.99. The number of benzene rings is 2. The van der Waals surface area contributed by atoms with Crippen LogP contribution in [0.1, 0.15) is 0 Å². The number of hydrogen-bond donors (Lipinski definition) is 2. The van der Waals surface area contributed by atoms with Crippen LogP contribution in [0.2, 0.25) is 10.0 Å². The number of H-pyrrole nitrogens is 1. The summed E-state index contributed by atoms with van der Waals surface area (Å²) in [5.41, 5.74) is 3.00. The van der Waals surface area contributed by atoms with E-state index in [1.807, 2.05) is 42.6 Å². The Morgan fingerprint density at radius 1 is 1.12 bits per heavy atom. The van der Waals surface area contributed by atoms with E-state index in [4.69, 9.17) is 37.7 Å². The van der Waals surface area contributed by atoms with Crippen molar-refractivity contribution in [2.24, 2.45) is 0 Å². The number of anilines is 1. The second-order valence-electron chi connectivity index (χ2n) is 6.86. The molecule has 0 bridgehead atoms. The number of ether oxygens (including phenoxy) is 2. The van der Waals surface area contributed by atoms with Gasteiger partial charge in [0.25, 0.3) is 0 Å². The third-order valence-corrected chi connectivity index (χ3v) is 7.00. The van der Waals surface area contributed by atoms with Crippen LogP contribution in [0.4, 0.5) is 5.69 Å². The van der Waals surface area contributed by atoms with Gasteiger partial charge in [-0.25, -0.2) is 4.98 Å². The number of carbonyl (C=O) groups excluding carboxylic acids is 1. The van der Waals surface area contributed by atoms with Gasteiger partial charge in [-0.15, -0.1) is 0 Å². The number of halogens is 2. The normalized spacial score (nSPS) is 10.8. The first-order valence-corrected chi connectivity index (χ1v) is 11.3. The summed E-state index contributed by atoms with van der Waals surface area (Å²) in [6.45, 7) is 3.47. The van der Waals surface area contributed by atoms with Crippen LogP contribution in [0.5, 0.6) is 11.5 Å². The molecule has 6 nitrogen and oxygen atoms in total. The molecule has 0 radical (unpaired) electrons. The number of nitrogens with zero attached hydrogens (tertiary/aromatic N) is 1. The number of hydrogen-bond acceptors (Lipinski definition) is 5. The maximum atomic E-state index is 11.6. The van der Waals surface area contributed by atoms with E-state index in [2.05, 4.69) is 16.9 Å². The smallest absolute Gasteiger partial charge is 0.247 e.